The van der Waals surface area contributed by atoms with Gasteiger partial charge in [-0.25, -0.2) is 18.6 Å². The van der Waals surface area contributed by atoms with E-state index in [0.717, 1.165) is 5.56 Å². The summed E-state index contributed by atoms with van der Waals surface area (Å²) in [6, 6.07) is 11.9. The van der Waals surface area contributed by atoms with E-state index in [0.29, 0.717) is 24.3 Å². The monoisotopic (exact) mass is 313 g/mol. The van der Waals surface area contributed by atoms with Gasteiger partial charge in [-0.05, 0) is 47.9 Å². The molecule has 2 aromatic rings. The lowest BCUT2D eigenvalue weighted by Gasteiger charge is -2.00. The van der Waals surface area contributed by atoms with Crippen molar-refractivity contribution in [3.63, 3.8) is 0 Å². The summed E-state index contributed by atoms with van der Waals surface area (Å²) in [6.07, 6.45) is 2.58. The number of halogens is 2. The Morgan fingerprint density at radius 2 is 1.52 bits per heavy atom. The summed E-state index contributed by atoms with van der Waals surface area (Å²) < 4.78 is 30.8. The maximum Gasteiger partial charge on any atom is 0.363 e. The van der Waals surface area contributed by atoms with Crippen molar-refractivity contribution in [2.75, 3.05) is 0 Å². The fraction of sp³-hybridized carbons (Fsp3) is 0.111. The molecule has 0 N–H and O–H groups in total. The van der Waals surface area contributed by atoms with Gasteiger partial charge in [0.1, 0.15) is 11.6 Å². The summed E-state index contributed by atoms with van der Waals surface area (Å²) in [5.74, 6) is -0.830. The Bertz CT molecular complexity index is 778. The van der Waals surface area contributed by atoms with Crippen molar-refractivity contribution in [2.45, 2.75) is 12.8 Å². The summed E-state index contributed by atoms with van der Waals surface area (Å²) in [6.45, 7) is 0. The van der Waals surface area contributed by atoms with E-state index >= 15 is 0 Å². The van der Waals surface area contributed by atoms with E-state index in [4.69, 9.17) is 4.74 Å². The second-order valence-corrected chi connectivity index (χ2v) is 5.10. The van der Waals surface area contributed by atoms with E-state index in [2.05, 4.69) is 4.99 Å². The molecular weight excluding hydrogens is 300 g/mol. The summed E-state index contributed by atoms with van der Waals surface area (Å²) >= 11 is 0. The molecule has 1 aliphatic rings. The summed E-state index contributed by atoms with van der Waals surface area (Å²) in [4.78, 5) is 15.9. The number of carbonyl (C=O) groups is 1. The SMILES string of the molecule is O=C1OC(CCc2ccc(F)cc2)=N/C1=C/c1ccc(F)cc1. The van der Waals surface area contributed by atoms with Crippen LogP contribution >= 0.6 is 0 Å². The zero-order valence-corrected chi connectivity index (χ0v) is 12.1. The quantitative estimate of drug-likeness (QED) is 0.634. The lowest BCUT2D eigenvalue weighted by atomic mass is 10.1. The van der Waals surface area contributed by atoms with Gasteiger partial charge in [-0.15, -0.1) is 0 Å². The Labute approximate surface area is 131 Å². The van der Waals surface area contributed by atoms with Gasteiger partial charge in [-0.3, -0.25) is 0 Å². The lowest BCUT2D eigenvalue weighted by molar-refractivity contribution is -0.130. The topological polar surface area (TPSA) is 38.7 Å². The van der Waals surface area contributed by atoms with E-state index < -0.39 is 5.97 Å². The highest BCUT2D eigenvalue weighted by atomic mass is 19.1. The fourth-order valence-electron chi connectivity index (χ4n) is 2.18. The molecule has 0 fully saturated rings. The zero-order chi connectivity index (χ0) is 16.2. The molecule has 5 heteroatoms. The highest BCUT2D eigenvalue weighted by Gasteiger charge is 2.22. The number of hydrogen-bond donors (Lipinski definition) is 0. The van der Waals surface area contributed by atoms with Gasteiger partial charge in [-0.1, -0.05) is 24.3 Å². The van der Waals surface area contributed by atoms with Crippen LogP contribution in [0.15, 0.2) is 59.2 Å². The van der Waals surface area contributed by atoms with Crippen molar-refractivity contribution in [2.24, 2.45) is 4.99 Å². The Kier molecular flexibility index (Phi) is 4.28. The van der Waals surface area contributed by atoms with Crippen LogP contribution in [0.5, 0.6) is 0 Å². The molecule has 3 rings (SSSR count). The van der Waals surface area contributed by atoms with E-state index in [-0.39, 0.29) is 17.3 Å². The summed E-state index contributed by atoms with van der Waals surface area (Å²) in [5.41, 5.74) is 1.79. The predicted octanol–water partition coefficient (Wildman–Crippen LogP) is 3.89. The molecule has 0 atom stereocenters. The third-order valence-corrected chi connectivity index (χ3v) is 3.38. The first kappa shape index (κ1) is 15.1. The lowest BCUT2D eigenvalue weighted by Crippen LogP contribution is -2.05. The molecule has 1 aliphatic heterocycles. The summed E-state index contributed by atoms with van der Waals surface area (Å²) in [5, 5.41) is 0. The van der Waals surface area contributed by atoms with Crippen LogP contribution in [0.2, 0.25) is 0 Å². The van der Waals surface area contributed by atoms with Crippen molar-refractivity contribution in [1.29, 1.82) is 0 Å². The second kappa shape index (κ2) is 6.52. The molecular formula is C18H13F2NO2. The fourth-order valence-corrected chi connectivity index (χ4v) is 2.18. The minimum absolute atomic E-state index is 0.186. The maximum atomic E-state index is 12.9. The first-order valence-corrected chi connectivity index (χ1v) is 7.11. The zero-order valence-electron chi connectivity index (χ0n) is 12.1. The van der Waals surface area contributed by atoms with Crippen LogP contribution in [0.1, 0.15) is 17.5 Å². The van der Waals surface area contributed by atoms with Crippen LogP contribution in [0, 0.1) is 11.6 Å². The number of benzene rings is 2. The first-order valence-electron chi connectivity index (χ1n) is 7.11. The molecule has 0 amide bonds. The van der Waals surface area contributed by atoms with Crippen LogP contribution in [0.3, 0.4) is 0 Å². The van der Waals surface area contributed by atoms with Crippen molar-refractivity contribution >= 4 is 17.9 Å². The molecule has 0 spiro atoms. The van der Waals surface area contributed by atoms with Crippen LogP contribution < -0.4 is 0 Å². The number of rotatable bonds is 4. The minimum atomic E-state index is -0.525. The molecule has 116 valence electrons. The molecule has 1 heterocycles. The van der Waals surface area contributed by atoms with E-state index in [1.54, 1.807) is 30.3 Å². The molecule has 0 radical (unpaired) electrons. The van der Waals surface area contributed by atoms with E-state index in [1.165, 1.54) is 24.3 Å². The van der Waals surface area contributed by atoms with Crippen LogP contribution in [-0.2, 0) is 16.0 Å². The van der Waals surface area contributed by atoms with Gasteiger partial charge >= 0.3 is 5.97 Å². The third-order valence-electron chi connectivity index (χ3n) is 3.38. The van der Waals surface area contributed by atoms with Crippen molar-refractivity contribution in [1.82, 2.24) is 0 Å². The molecule has 0 aromatic heterocycles. The van der Waals surface area contributed by atoms with Gasteiger partial charge < -0.3 is 4.74 Å². The average Bonchev–Trinajstić information content (AvgIpc) is 2.89. The third kappa shape index (κ3) is 3.88. The number of ether oxygens (including phenoxy) is 1. The Hall–Kier alpha value is -2.82. The molecule has 0 aliphatic carbocycles. The standard InChI is InChI=1S/C18H13F2NO2/c19-14-6-1-12(2-7-14)5-10-17-21-16(18(22)23-17)11-13-3-8-15(20)9-4-13/h1-4,6-9,11H,5,10H2/b16-11+. The average molecular weight is 313 g/mol. The van der Waals surface area contributed by atoms with Gasteiger partial charge in [-0.2, -0.15) is 0 Å². The Morgan fingerprint density at radius 1 is 0.913 bits per heavy atom. The van der Waals surface area contributed by atoms with Crippen molar-refractivity contribution < 1.29 is 18.3 Å². The maximum absolute atomic E-state index is 12.9. The van der Waals surface area contributed by atoms with Crippen LogP contribution in [-0.4, -0.2) is 11.9 Å². The van der Waals surface area contributed by atoms with Gasteiger partial charge in [0.25, 0.3) is 0 Å². The molecule has 2 aromatic carbocycles. The first-order chi connectivity index (χ1) is 11.1. The van der Waals surface area contributed by atoms with Gasteiger partial charge in [0.15, 0.2) is 11.6 Å². The normalized spacial score (nSPS) is 15.7. The summed E-state index contributed by atoms with van der Waals surface area (Å²) in [7, 11) is 0. The molecule has 0 saturated carbocycles. The largest absolute Gasteiger partial charge is 0.407 e. The number of carbonyl (C=O) groups excluding carboxylic acids is 1. The van der Waals surface area contributed by atoms with E-state index in [9.17, 15) is 13.6 Å². The second-order valence-electron chi connectivity index (χ2n) is 5.10. The Morgan fingerprint density at radius 3 is 2.17 bits per heavy atom. The smallest absolute Gasteiger partial charge is 0.363 e. The van der Waals surface area contributed by atoms with Crippen molar-refractivity contribution in [3.8, 4) is 0 Å². The molecule has 0 saturated heterocycles. The molecule has 23 heavy (non-hydrogen) atoms. The van der Waals surface area contributed by atoms with Gasteiger partial charge in [0.05, 0.1) is 0 Å². The number of cyclic esters (lactones) is 1. The molecule has 0 unspecified atom stereocenters. The highest BCUT2D eigenvalue weighted by Crippen LogP contribution is 2.18. The Balaban J connectivity index is 1.68. The minimum Gasteiger partial charge on any atom is -0.407 e. The molecule has 0 bridgehead atoms. The van der Waals surface area contributed by atoms with Gasteiger partial charge in [0, 0.05) is 6.42 Å². The van der Waals surface area contributed by atoms with E-state index in [1.807, 2.05) is 0 Å². The van der Waals surface area contributed by atoms with Gasteiger partial charge in [0.2, 0.25) is 0 Å². The highest BCUT2D eigenvalue weighted by molar-refractivity contribution is 6.07. The number of esters is 1. The van der Waals surface area contributed by atoms with Crippen LogP contribution in [0.4, 0.5) is 8.78 Å². The molecule has 3 nitrogen and oxygen atoms in total. The number of aryl methyl sites for hydroxylation is 1. The van der Waals surface area contributed by atoms with Crippen LogP contribution in [0.25, 0.3) is 6.08 Å². The predicted molar refractivity (Wildman–Crippen MR) is 82.6 cm³/mol. The number of nitrogens with zero attached hydrogens (tertiary/aromatic N) is 1. The number of hydrogen-bond acceptors (Lipinski definition) is 3. The van der Waals surface area contributed by atoms with Crippen molar-refractivity contribution in [3.05, 3.63) is 77.0 Å². The number of aliphatic imine (C=N–C) groups is 1.